The van der Waals surface area contributed by atoms with Gasteiger partial charge in [-0.3, -0.25) is 13.9 Å². The maximum atomic E-state index is 13.4. The molecule has 0 unspecified atom stereocenters. The quantitative estimate of drug-likeness (QED) is 0.447. The first kappa shape index (κ1) is 28.3. The van der Waals surface area contributed by atoms with Crippen LogP contribution in [0.3, 0.4) is 0 Å². The fourth-order valence-electron chi connectivity index (χ4n) is 3.73. The number of anilines is 1. The van der Waals surface area contributed by atoms with E-state index in [2.05, 4.69) is 5.32 Å². The Balaban J connectivity index is 2.18. The van der Waals surface area contributed by atoms with Crippen LogP contribution in [0.5, 0.6) is 0 Å². The molecular weight excluding hydrogens is 469 g/mol. The summed E-state index contributed by atoms with van der Waals surface area (Å²) in [7, 11) is -3.53. The molecule has 0 fully saturated rings. The second-order valence-corrected chi connectivity index (χ2v) is 10.9. The van der Waals surface area contributed by atoms with Crippen LogP contribution in [0.2, 0.25) is 0 Å². The molecule has 0 radical (unpaired) electrons. The largest absolute Gasteiger partial charge is 0.354 e. The maximum Gasteiger partial charge on any atom is 0.242 e. The van der Waals surface area contributed by atoms with E-state index in [9.17, 15) is 22.4 Å². The monoisotopic (exact) mass is 505 g/mol. The van der Waals surface area contributed by atoms with Gasteiger partial charge in [0, 0.05) is 26.1 Å². The summed E-state index contributed by atoms with van der Waals surface area (Å²) in [6, 6.07) is 13.9. The predicted octanol–water partition coefficient (Wildman–Crippen LogP) is 3.95. The lowest BCUT2D eigenvalue weighted by Crippen LogP contribution is -2.49. The number of nitrogens with one attached hydrogen (secondary N) is 1. The van der Waals surface area contributed by atoms with Crippen LogP contribution >= 0.6 is 0 Å². The Kier molecular flexibility index (Phi) is 10.7. The molecule has 2 rings (SSSR count). The number of rotatable bonds is 13. The zero-order valence-corrected chi connectivity index (χ0v) is 21.7. The number of para-hydroxylation sites is 1. The highest BCUT2D eigenvalue weighted by atomic mass is 32.2. The van der Waals surface area contributed by atoms with Gasteiger partial charge in [0.2, 0.25) is 21.8 Å². The standard InChI is InChI=1S/C26H36FN3O4S/c1-5-24(26(32)28-18-20(2)3)29(19-21-13-15-22(27)16-14-21)25(31)12-9-17-30(35(4,33)34)23-10-7-6-8-11-23/h6-8,10-11,13-16,20,24H,5,9,12,17-19H2,1-4H3,(H,28,32)/t24-/m0/s1. The molecular formula is C26H36FN3O4S. The Bertz CT molecular complexity index is 1060. The Hall–Kier alpha value is -2.94. The number of halogens is 1. The van der Waals surface area contributed by atoms with Crippen LogP contribution in [0.4, 0.5) is 10.1 Å². The molecule has 0 saturated carbocycles. The van der Waals surface area contributed by atoms with Gasteiger partial charge < -0.3 is 10.2 Å². The molecule has 192 valence electrons. The molecule has 2 aromatic rings. The van der Waals surface area contributed by atoms with Crippen molar-refractivity contribution in [2.75, 3.05) is 23.7 Å². The van der Waals surface area contributed by atoms with Gasteiger partial charge in [-0.05, 0) is 48.6 Å². The highest BCUT2D eigenvalue weighted by Gasteiger charge is 2.29. The summed E-state index contributed by atoms with van der Waals surface area (Å²) in [4.78, 5) is 27.8. The van der Waals surface area contributed by atoms with Gasteiger partial charge in [0.1, 0.15) is 11.9 Å². The zero-order chi connectivity index (χ0) is 26.0. The number of amides is 2. The minimum atomic E-state index is -3.53. The van der Waals surface area contributed by atoms with Gasteiger partial charge >= 0.3 is 0 Å². The Morgan fingerprint density at radius 2 is 1.66 bits per heavy atom. The summed E-state index contributed by atoms with van der Waals surface area (Å²) in [5, 5.41) is 2.90. The maximum absolute atomic E-state index is 13.4. The summed E-state index contributed by atoms with van der Waals surface area (Å²) < 4.78 is 39.3. The zero-order valence-electron chi connectivity index (χ0n) is 20.9. The topological polar surface area (TPSA) is 86.8 Å². The van der Waals surface area contributed by atoms with Crippen LogP contribution in [-0.4, -0.2) is 50.5 Å². The normalized spacial score (nSPS) is 12.3. The van der Waals surface area contributed by atoms with E-state index < -0.39 is 16.1 Å². The van der Waals surface area contributed by atoms with Crippen LogP contribution in [0.15, 0.2) is 54.6 Å². The van der Waals surface area contributed by atoms with E-state index in [0.717, 1.165) is 6.26 Å². The van der Waals surface area contributed by atoms with Gasteiger partial charge in [-0.25, -0.2) is 12.8 Å². The second kappa shape index (κ2) is 13.2. The van der Waals surface area contributed by atoms with E-state index in [1.54, 1.807) is 42.5 Å². The Morgan fingerprint density at radius 3 is 2.20 bits per heavy atom. The Morgan fingerprint density at radius 1 is 1.03 bits per heavy atom. The third kappa shape index (κ3) is 8.98. The molecule has 0 bridgehead atoms. The van der Waals surface area contributed by atoms with Crippen LogP contribution in [0.1, 0.15) is 45.6 Å². The molecule has 0 heterocycles. The first-order valence-corrected chi connectivity index (χ1v) is 13.7. The summed E-state index contributed by atoms with van der Waals surface area (Å²) in [6.45, 7) is 6.60. The molecule has 0 saturated heterocycles. The van der Waals surface area contributed by atoms with Crippen LogP contribution < -0.4 is 9.62 Å². The smallest absolute Gasteiger partial charge is 0.242 e. The van der Waals surface area contributed by atoms with Gasteiger partial charge in [0.15, 0.2) is 0 Å². The third-order valence-corrected chi connectivity index (χ3v) is 6.73. The van der Waals surface area contributed by atoms with E-state index in [-0.39, 0.29) is 49.5 Å². The molecule has 7 nitrogen and oxygen atoms in total. The fraction of sp³-hybridized carbons (Fsp3) is 0.462. The van der Waals surface area contributed by atoms with Crippen molar-refractivity contribution in [3.63, 3.8) is 0 Å². The molecule has 0 spiro atoms. The molecule has 2 aromatic carbocycles. The molecule has 1 N–H and O–H groups in total. The minimum absolute atomic E-state index is 0.0635. The van der Waals surface area contributed by atoms with Gasteiger partial charge in [0.05, 0.1) is 11.9 Å². The highest BCUT2D eigenvalue weighted by molar-refractivity contribution is 7.92. The number of hydrogen-bond donors (Lipinski definition) is 1. The lowest BCUT2D eigenvalue weighted by Gasteiger charge is -2.31. The first-order chi connectivity index (χ1) is 16.5. The van der Waals surface area contributed by atoms with E-state index >= 15 is 0 Å². The van der Waals surface area contributed by atoms with Crippen molar-refractivity contribution in [2.45, 2.75) is 52.6 Å². The van der Waals surface area contributed by atoms with Crippen molar-refractivity contribution in [2.24, 2.45) is 5.92 Å². The second-order valence-electron chi connectivity index (χ2n) is 8.99. The van der Waals surface area contributed by atoms with E-state index in [4.69, 9.17) is 0 Å². The number of carbonyl (C=O) groups is 2. The molecule has 9 heteroatoms. The van der Waals surface area contributed by atoms with E-state index in [1.807, 2.05) is 20.8 Å². The first-order valence-electron chi connectivity index (χ1n) is 11.9. The number of nitrogens with zero attached hydrogens (tertiary/aromatic N) is 2. The summed E-state index contributed by atoms with van der Waals surface area (Å²) in [6.07, 6.45) is 1.89. The summed E-state index contributed by atoms with van der Waals surface area (Å²) >= 11 is 0. The van der Waals surface area contributed by atoms with Crippen molar-refractivity contribution < 1.29 is 22.4 Å². The van der Waals surface area contributed by atoms with Gasteiger partial charge in [-0.1, -0.05) is 51.1 Å². The van der Waals surface area contributed by atoms with Crippen LogP contribution in [0.25, 0.3) is 0 Å². The van der Waals surface area contributed by atoms with E-state index in [0.29, 0.717) is 24.2 Å². The van der Waals surface area contributed by atoms with Crippen LogP contribution in [-0.2, 0) is 26.2 Å². The van der Waals surface area contributed by atoms with Gasteiger partial charge in [0.25, 0.3) is 0 Å². The molecule has 2 amide bonds. The van der Waals surface area contributed by atoms with Crippen molar-refractivity contribution in [1.29, 1.82) is 0 Å². The van der Waals surface area contributed by atoms with Crippen molar-refractivity contribution in [3.8, 4) is 0 Å². The average Bonchev–Trinajstić information content (AvgIpc) is 2.81. The Labute approximate surface area is 208 Å². The lowest BCUT2D eigenvalue weighted by molar-refractivity contribution is -0.141. The summed E-state index contributed by atoms with van der Waals surface area (Å²) in [5.41, 5.74) is 1.24. The molecule has 35 heavy (non-hydrogen) atoms. The van der Waals surface area contributed by atoms with Crippen molar-refractivity contribution in [1.82, 2.24) is 10.2 Å². The fourth-order valence-corrected chi connectivity index (χ4v) is 4.69. The number of hydrogen-bond acceptors (Lipinski definition) is 4. The molecule has 0 aliphatic rings. The van der Waals surface area contributed by atoms with Gasteiger partial charge in [-0.2, -0.15) is 0 Å². The number of benzene rings is 2. The van der Waals surface area contributed by atoms with Crippen LogP contribution in [0, 0.1) is 11.7 Å². The highest BCUT2D eigenvalue weighted by Crippen LogP contribution is 2.19. The number of sulfonamides is 1. The number of carbonyl (C=O) groups excluding carboxylic acids is 2. The van der Waals surface area contributed by atoms with E-state index in [1.165, 1.54) is 21.3 Å². The third-order valence-electron chi connectivity index (χ3n) is 5.53. The molecule has 0 aromatic heterocycles. The summed E-state index contributed by atoms with van der Waals surface area (Å²) in [5.74, 6) is -0.617. The lowest BCUT2D eigenvalue weighted by atomic mass is 10.1. The molecule has 0 aliphatic carbocycles. The van der Waals surface area contributed by atoms with Crippen molar-refractivity contribution in [3.05, 3.63) is 66.0 Å². The van der Waals surface area contributed by atoms with Crippen molar-refractivity contribution >= 4 is 27.5 Å². The van der Waals surface area contributed by atoms with Gasteiger partial charge in [-0.15, -0.1) is 0 Å². The SMILES string of the molecule is CC[C@@H](C(=O)NCC(C)C)N(Cc1ccc(F)cc1)C(=O)CCCN(c1ccccc1)S(C)(=O)=O. The molecule has 0 aliphatic heterocycles. The molecule has 1 atom stereocenters. The predicted molar refractivity (Wildman–Crippen MR) is 137 cm³/mol. The minimum Gasteiger partial charge on any atom is -0.354 e. The average molecular weight is 506 g/mol.